The Morgan fingerprint density at radius 1 is 1.46 bits per heavy atom. The molecular weight excluding hydrogens is 182 g/mol. The van der Waals surface area contributed by atoms with Gasteiger partial charge in [-0.25, -0.2) is 0 Å². The highest BCUT2D eigenvalue weighted by Gasteiger charge is 1.98. The van der Waals surface area contributed by atoms with Crippen LogP contribution in [-0.4, -0.2) is 4.86 Å². The second kappa shape index (κ2) is 4.58. The number of benzene rings is 1. The number of rotatable bonds is 3. The molecule has 0 fully saturated rings. The first-order valence-electron chi connectivity index (χ1n) is 3.97. The second-order valence-corrected chi connectivity index (χ2v) is 2.99. The van der Waals surface area contributed by atoms with Gasteiger partial charge in [0.05, 0.1) is 0 Å². The lowest BCUT2D eigenvalue weighted by Crippen LogP contribution is -1.93. The minimum absolute atomic E-state index is 0.546. The molecule has 0 bridgehead atoms. The van der Waals surface area contributed by atoms with Gasteiger partial charge in [0.25, 0.3) is 6.26 Å². The maximum absolute atomic E-state index is 8.25. The van der Waals surface area contributed by atoms with Crippen LogP contribution in [-0.2, 0) is 0 Å². The Balaban J connectivity index is 2.82. The zero-order chi connectivity index (χ0) is 9.68. The summed E-state index contributed by atoms with van der Waals surface area (Å²) in [7, 11) is 0. The Bertz CT molecular complexity index is 337. The third-order valence-electron chi connectivity index (χ3n) is 1.66. The highest BCUT2D eigenvalue weighted by Crippen LogP contribution is 2.13. The normalized spacial score (nSPS) is 8.92. The van der Waals surface area contributed by atoms with Crippen molar-refractivity contribution in [3.8, 4) is 12.0 Å². The molecule has 66 valence electrons. The van der Waals surface area contributed by atoms with Crippen molar-refractivity contribution in [2.75, 3.05) is 0 Å². The standard InChI is InChI=1S/C10H9NOS/c1-2-10(13)8-3-5-9(6-4-8)12-7-11/h3-6H,2H2,1H3. The largest absolute Gasteiger partial charge is 0.388 e. The zero-order valence-electron chi connectivity index (χ0n) is 7.28. The van der Waals surface area contributed by atoms with Gasteiger partial charge in [-0.15, -0.1) is 5.26 Å². The topological polar surface area (TPSA) is 33.0 Å². The van der Waals surface area contributed by atoms with Crippen molar-refractivity contribution < 1.29 is 4.74 Å². The van der Waals surface area contributed by atoms with Crippen LogP contribution in [0.3, 0.4) is 0 Å². The van der Waals surface area contributed by atoms with Crippen LogP contribution in [0.1, 0.15) is 18.9 Å². The minimum Gasteiger partial charge on any atom is -0.388 e. The van der Waals surface area contributed by atoms with Gasteiger partial charge in [0, 0.05) is 4.86 Å². The molecular formula is C10H9NOS. The molecule has 0 heterocycles. The predicted molar refractivity (Wildman–Crippen MR) is 54.7 cm³/mol. The van der Waals surface area contributed by atoms with Crippen LogP contribution in [0.15, 0.2) is 24.3 Å². The Morgan fingerprint density at radius 3 is 2.54 bits per heavy atom. The summed E-state index contributed by atoms with van der Waals surface area (Å²) in [4.78, 5) is 0.920. The second-order valence-electron chi connectivity index (χ2n) is 2.49. The van der Waals surface area contributed by atoms with Gasteiger partial charge in [0.2, 0.25) is 0 Å². The lowest BCUT2D eigenvalue weighted by atomic mass is 10.1. The molecule has 0 saturated heterocycles. The molecule has 0 N–H and O–H groups in total. The molecule has 1 aromatic carbocycles. The van der Waals surface area contributed by atoms with Crippen LogP contribution in [0, 0.1) is 11.5 Å². The highest BCUT2D eigenvalue weighted by molar-refractivity contribution is 7.80. The van der Waals surface area contributed by atoms with Crippen molar-refractivity contribution in [1.29, 1.82) is 5.26 Å². The smallest absolute Gasteiger partial charge is 0.292 e. The van der Waals surface area contributed by atoms with Gasteiger partial charge in [-0.2, -0.15) is 0 Å². The zero-order valence-corrected chi connectivity index (χ0v) is 8.10. The minimum atomic E-state index is 0.546. The van der Waals surface area contributed by atoms with Crippen molar-refractivity contribution in [3.63, 3.8) is 0 Å². The molecule has 13 heavy (non-hydrogen) atoms. The van der Waals surface area contributed by atoms with Gasteiger partial charge in [-0.3, -0.25) is 0 Å². The molecule has 1 aromatic rings. The van der Waals surface area contributed by atoms with Gasteiger partial charge < -0.3 is 4.74 Å². The number of ether oxygens (including phenoxy) is 1. The van der Waals surface area contributed by atoms with Crippen molar-refractivity contribution in [2.24, 2.45) is 0 Å². The summed E-state index contributed by atoms with van der Waals surface area (Å²) in [6.07, 6.45) is 2.47. The lowest BCUT2D eigenvalue weighted by molar-refractivity contribution is 0.507. The molecule has 0 atom stereocenters. The average Bonchev–Trinajstić information content (AvgIpc) is 2.18. The molecule has 0 saturated carbocycles. The molecule has 0 aliphatic rings. The van der Waals surface area contributed by atoms with E-state index in [9.17, 15) is 0 Å². The quantitative estimate of drug-likeness (QED) is 0.418. The average molecular weight is 191 g/mol. The van der Waals surface area contributed by atoms with Gasteiger partial charge in [0.15, 0.2) is 0 Å². The van der Waals surface area contributed by atoms with Crippen molar-refractivity contribution >= 4 is 17.1 Å². The molecule has 0 aliphatic carbocycles. The first kappa shape index (κ1) is 9.69. The predicted octanol–water partition coefficient (Wildman–Crippen LogP) is 2.67. The highest BCUT2D eigenvalue weighted by atomic mass is 32.1. The first-order chi connectivity index (χ1) is 6.27. The summed E-state index contributed by atoms with van der Waals surface area (Å²) >= 11 is 5.12. The van der Waals surface area contributed by atoms with Crippen LogP contribution in [0.25, 0.3) is 0 Å². The monoisotopic (exact) mass is 191 g/mol. The van der Waals surface area contributed by atoms with E-state index in [0.717, 1.165) is 16.8 Å². The molecule has 0 aliphatic heterocycles. The summed E-state index contributed by atoms with van der Waals surface area (Å²) in [6.45, 7) is 2.02. The molecule has 0 amide bonds. The fourth-order valence-corrected chi connectivity index (χ4v) is 1.10. The van der Waals surface area contributed by atoms with E-state index >= 15 is 0 Å². The van der Waals surface area contributed by atoms with E-state index < -0.39 is 0 Å². The van der Waals surface area contributed by atoms with Crippen molar-refractivity contribution in [1.82, 2.24) is 0 Å². The summed E-state index contributed by atoms with van der Waals surface area (Å²) in [5.41, 5.74) is 1.02. The third-order valence-corrected chi connectivity index (χ3v) is 2.19. The molecule has 1 rings (SSSR count). The van der Waals surface area contributed by atoms with E-state index in [1.807, 2.05) is 19.1 Å². The first-order valence-corrected chi connectivity index (χ1v) is 4.38. The number of nitriles is 1. The fraction of sp³-hybridized carbons (Fsp3) is 0.200. The van der Waals surface area contributed by atoms with Crippen LogP contribution >= 0.6 is 12.2 Å². The van der Waals surface area contributed by atoms with E-state index in [1.165, 1.54) is 0 Å². The Hall–Kier alpha value is -1.40. The number of thiocarbonyl (C=S) groups is 1. The SMILES string of the molecule is CCC(=S)c1ccc(OC#N)cc1. The summed E-state index contributed by atoms with van der Waals surface area (Å²) in [5.74, 6) is 0.546. The van der Waals surface area contributed by atoms with Crippen LogP contribution in [0.2, 0.25) is 0 Å². The maximum atomic E-state index is 8.25. The third kappa shape index (κ3) is 2.53. The molecule has 2 nitrogen and oxygen atoms in total. The Labute approximate surface area is 82.8 Å². The van der Waals surface area contributed by atoms with E-state index in [4.69, 9.17) is 17.5 Å². The van der Waals surface area contributed by atoms with Crippen molar-refractivity contribution in [3.05, 3.63) is 29.8 Å². The summed E-state index contributed by atoms with van der Waals surface area (Å²) in [5, 5.41) is 8.25. The van der Waals surface area contributed by atoms with E-state index in [2.05, 4.69) is 4.74 Å². The Kier molecular flexibility index (Phi) is 3.41. The number of hydrogen-bond donors (Lipinski definition) is 0. The van der Waals surface area contributed by atoms with Crippen molar-refractivity contribution in [2.45, 2.75) is 13.3 Å². The lowest BCUT2D eigenvalue weighted by Gasteiger charge is -2.00. The maximum Gasteiger partial charge on any atom is 0.292 e. The van der Waals surface area contributed by atoms with Gasteiger partial charge in [0.1, 0.15) is 5.75 Å². The van der Waals surface area contributed by atoms with Crippen LogP contribution in [0.4, 0.5) is 0 Å². The molecule has 0 spiro atoms. The van der Waals surface area contributed by atoms with Gasteiger partial charge in [-0.05, 0) is 24.1 Å². The molecule has 3 heteroatoms. The summed E-state index contributed by atoms with van der Waals surface area (Å²) < 4.78 is 4.64. The summed E-state index contributed by atoms with van der Waals surface area (Å²) in [6, 6.07) is 7.19. The van der Waals surface area contributed by atoms with E-state index in [1.54, 1.807) is 18.4 Å². The Morgan fingerprint density at radius 2 is 2.08 bits per heavy atom. The molecule has 0 radical (unpaired) electrons. The number of nitrogens with zero attached hydrogens (tertiary/aromatic N) is 1. The van der Waals surface area contributed by atoms with Crippen LogP contribution < -0.4 is 4.74 Å². The van der Waals surface area contributed by atoms with Gasteiger partial charge >= 0.3 is 0 Å². The molecule has 0 aromatic heterocycles. The van der Waals surface area contributed by atoms with Gasteiger partial charge in [-0.1, -0.05) is 31.3 Å². The van der Waals surface area contributed by atoms with E-state index in [-0.39, 0.29) is 0 Å². The van der Waals surface area contributed by atoms with Crippen LogP contribution in [0.5, 0.6) is 5.75 Å². The van der Waals surface area contributed by atoms with E-state index in [0.29, 0.717) is 5.75 Å². The fourth-order valence-electron chi connectivity index (χ4n) is 0.966. The number of hydrogen-bond acceptors (Lipinski definition) is 3. The molecule has 0 unspecified atom stereocenters.